The van der Waals surface area contributed by atoms with Crippen LogP contribution < -0.4 is 4.72 Å². The highest BCUT2D eigenvalue weighted by atomic mass is 32.2. The van der Waals surface area contributed by atoms with Gasteiger partial charge in [0.05, 0.1) is 10.3 Å². The lowest BCUT2D eigenvalue weighted by atomic mass is 10.1. The Morgan fingerprint density at radius 1 is 1.14 bits per heavy atom. The molecule has 0 bridgehead atoms. The first kappa shape index (κ1) is 14.0. The van der Waals surface area contributed by atoms with E-state index in [0.29, 0.717) is 12.8 Å². The van der Waals surface area contributed by atoms with Crippen molar-refractivity contribution in [2.24, 2.45) is 5.41 Å². The summed E-state index contributed by atoms with van der Waals surface area (Å²) in [4.78, 5) is 11.2. The SMILES string of the molecule is O=C(O)C1(CNS(=O)(=O)c2ccc3ccccc3c2)CC1. The van der Waals surface area contributed by atoms with E-state index < -0.39 is 21.4 Å². The largest absolute Gasteiger partial charge is 0.481 e. The van der Waals surface area contributed by atoms with Crippen molar-refractivity contribution in [3.63, 3.8) is 0 Å². The quantitative estimate of drug-likeness (QED) is 0.885. The Kier molecular flexibility index (Phi) is 3.22. The lowest BCUT2D eigenvalue weighted by molar-refractivity contribution is -0.143. The van der Waals surface area contributed by atoms with E-state index >= 15 is 0 Å². The van der Waals surface area contributed by atoms with Gasteiger partial charge < -0.3 is 5.11 Å². The van der Waals surface area contributed by atoms with E-state index in [0.717, 1.165) is 10.8 Å². The zero-order chi connectivity index (χ0) is 15.1. The van der Waals surface area contributed by atoms with Gasteiger partial charge in [-0.1, -0.05) is 30.3 Å². The normalized spacial score (nSPS) is 16.8. The second-order valence-electron chi connectivity index (χ2n) is 5.42. The van der Waals surface area contributed by atoms with Crippen molar-refractivity contribution in [1.82, 2.24) is 4.72 Å². The molecule has 0 unspecified atom stereocenters. The minimum atomic E-state index is -3.69. The number of carbonyl (C=O) groups is 1. The van der Waals surface area contributed by atoms with Gasteiger partial charge in [0, 0.05) is 6.54 Å². The van der Waals surface area contributed by atoms with Crippen molar-refractivity contribution in [2.75, 3.05) is 6.54 Å². The highest BCUT2D eigenvalue weighted by Crippen LogP contribution is 2.45. The number of rotatable bonds is 5. The Morgan fingerprint density at radius 2 is 1.81 bits per heavy atom. The molecule has 0 saturated heterocycles. The molecule has 0 spiro atoms. The van der Waals surface area contributed by atoms with E-state index in [-0.39, 0.29) is 11.4 Å². The van der Waals surface area contributed by atoms with Gasteiger partial charge >= 0.3 is 5.97 Å². The lowest BCUT2D eigenvalue weighted by Gasteiger charge is -2.12. The minimum absolute atomic E-state index is 0.0580. The fourth-order valence-corrected chi connectivity index (χ4v) is 3.43. The van der Waals surface area contributed by atoms with Crippen LogP contribution in [-0.4, -0.2) is 26.0 Å². The fraction of sp³-hybridized carbons (Fsp3) is 0.267. The number of sulfonamides is 1. The minimum Gasteiger partial charge on any atom is -0.481 e. The zero-order valence-electron chi connectivity index (χ0n) is 11.2. The van der Waals surface area contributed by atoms with Gasteiger partial charge in [-0.2, -0.15) is 0 Å². The van der Waals surface area contributed by atoms with Crippen LogP contribution in [0.5, 0.6) is 0 Å². The number of hydrogen-bond acceptors (Lipinski definition) is 3. The van der Waals surface area contributed by atoms with Gasteiger partial charge in [-0.05, 0) is 35.7 Å². The molecule has 0 heterocycles. The van der Waals surface area contributed by atoms with Crippen molar-refractivity contribution >= 4 is 26.8 Å². The third-order valence-electron chi connectivity index (χ3n) is 3.94. The van der Waals surface area contributed by atoms with Crippen LogP contribution in [0.15, 0.2) is 47.4 Å². The second kappa shape index (κ2) is 4.82. The van der Waals surface area contributed by atoms with Crippen LogP contribution >= 0.6 is 0 Å². The Labute approximate surface area is 122 Å². The molecule has 2 aromatic rings. The van der Waals surface area contributed by atoms with Crippen molar-refractivity contribution < 1.29 is 18.3 Å². The highest BCUT2D eigenvalue weighted by Gasteiger charge is 2.50. The molecule has 110 valence electrons. The summed E-state index contributed by atoms with van der Waals surface area (Å²) in [5.41, 5.74) is -0.913. The van der Waals surface area contributed by atoms with E-state index in [4.69, 9.17) is 5.11 Å². The molecule has 2 N–H and O–H groups in total. The Bertz CT molecular complexity index is 809. The van der Waals surface area contributed by atoms with Crippen molar-refractivity contribution in [2.45, 2.75) is 17.7 Å². The van der Waals surface area contributed by atoms with Gasteiger partial charge in [0.15, 0.2) is 0 Å². The average molecular weight is 305 g/mol. The predicted molar refractivity (Wildman–Crippen MR) is 78.4 cm³/mol. The summed E-state index contributed by atoms with van der Waals surface area (Å²) in [6.45, 7) is -0.0580. The van der Waals surface area contributed by atoms with Crippen LogP contribution in [0.3, 0.4) is 0 Å². The van der Waals surface area contributed by atoms with Gasteiger partial charge in [-0.25, -0.2) is 13.1 Å². The molecular formula is C15H15NO4S. The maximum atomic E-state index is 12.3. The van der Waals surface area contributed by atoms with Crippen LogP contribution in [0.2, 0.25) is 0 Å². The summed E-state index contributed by atoms with van der Waals surface area (Å²) in [5, 5.41) is 10.9. The third-order valence-corrected chi connectivity index (χ3v) is 5.34. The maximum absolute atomic E-state index is 12.3. The molecule has 0 atom stereocenters. The van der Waals surface area contributed by atoms with Crippen LogP contribution in [0, 0.1) is 5.41 Å². The Balaban J connectivity index is 1.85. The number of hydrogen-bond donors (Lipinski definition) is 2. The van der Waals surface area contributed by atoms with Gasteiger partial charge in [0.25, 0.3) is 0 Å². The smallest absolute Gasteiger partial charge is 0.310 e. The number of nitrogens with one attached hydrogen (secondary N) is 1. The summed E-state index contributed by atoms with van der Waals surface area (Å²) < 4.78 is 27.0. The molecule has 5 nitrogen and oxygen atoms in total. The molecule has 2 aromatic carbocycles. The fourth-order valence-electron chi connectivity index (χ4n) is 2.27. The molecule has 21 heavy (non-hydrogen) atoms. The number of benzene rings is 2. The van der Waals surface area contributed by atoms with Crippen molar-refractivity contribution in [3.05, 3.63) is 42.5 Å². The van der Waals surface area contributed by atoms with E-state index in [1.165, 1.54) is 6.07 Å². The predicted octanol–water partition coefficient (Wildman–Crippen LogP) is 1.98. The van der Waals surface area contributed by atoms with Gasteiger partial charge in [-0.15, -0.1) is 0 Å². The lowest BCUT2D eigenvalue weighted by Crippen LogP contribution is -2.34. The number of aliphatic carboxylic acids is 1. The monoisotopic (exact) mass is 305 g/mol. The second-order valence-corrected chi connectivity index (χ2v) is 7.19. The van der Waals surface area contributed by atoms with E-state index in [1.807, 2.05) is 24.3 Å². The number of fused-ring (bicyclic) bond motifs is 1. The van der Waals surface area contributed by atoms with Crippen molar-refractivity contribution in [1.29, 1.82) is 0 Å². The summed E-state index contributed by atoms with van der Waals surface area (Å²) >= 11 is 0. The molecule has 0 radical (unpaired) electrons. The summed E-state index contributed by atoms with van der Waals surface area (Å²) in [7, 11) is -3.69. The summed E-state index contributed by atoms with van der Waals surface area (Å²) in [5.74, 6) is -0.941. The molecule has 0 aromatic heterocycles. The number of carboxylic acid groups (broad SMARTS) is 1. The molecule has 6 heteroatoms. The summed E-state index contributed by atoms with van der Waals surface area (Å²) in [6, 6.07) is 12.3. The van der Waals surface area contributed by atoms with Crippen LogP contribution in [0.1, 0.15) is 12.8 Å². The third kappa shape index (κ3) is 2.64. The molecule has 3 rings (SSSR count). The zero-order valence-corrected chi connectivity index (χ0v) is 12.1. The first-order valence-corrected chi connectivity index (χ1v) is 8.13. The Morgan fingerprint density at radius 3 is 2.43 bits per heavy atom. The molecule has 1 saturated carbocycles. The molecule has 1 aliphatic carbocycles. The molecule has 0 amide bonds. The van der Waals surface area contributed by atoms with E-state index in [9.17, 15) is 13.2 Å². The van der Waals surface area contributed by atoms with Gasteiger partial charge in [0.1, 0.15) is 0 Å². The van der Waals surface area contributed by atoms with Gasteiger partial charge in [-0.3, -0.25) is 4.79 Å². The topological polar surface area (TPSA) is 83.5 Å². The maximum Gasteiger partial charge on any atom is 0.310 e. The first-order valence-electron chi connectivity index (χ1n) is 6.65. The first-order chi connectivity index (χ1) is 9.93. The molecule has 0 aliphatic heterocycles. The van der Waals surface area contributed by atoms with Crippen LogP contribution in [-0.2, 0) is 14.8 Å². The molecule has 1 fully saturated rings. The highest BCUT2D eigenvalue weighted by molar-refractivity contribution is 7.89. The van der Waals surface area contributed by atoms with E-state index in [1.54, 1.807) is 12.1 Å². The standard InChI is InChI=1S/C15H15NO4S/c17-14(18)15(7-8-15)10-16-21(19,20)13-6-5-11-3-1-2-4-12(11)9-13/h1-6,9,16H,7-8,10H2,(H,17,18). The summed E-state index contributed by atoms with van der Waals surface area (Å²) in [6.07, 6.45) is 1.03. The van der Waals surface area contributed by atoms with Crippen LogP contribution in [0.25, 0.3) is 10.8 Å². The van der Waals surface area contributed by atoms with Crippen molar-refractivity contribution in [3.8, 4) is 0 Å². The molecular weight excluding hydrogens is 290 g/mol. The average Bonchev–Trinajstić information content (AvgIpc) is 3.26. The molecule has 1 aliphatic rings. The van der Waals surface area contributed by atoms with Crippen LogP contribution in [0.4, 0.5) is 0 Å². The Hall–Kier alpha value is -1.92. The van der Waals surface area contributed by atoms with Gasteiger partial charge in [0.2, 0.25) is 10.0 Å². The van der Waals surface area contributed by atoms with E-state index in [2.05, 4.69) is 4.72 Å². The number of carboxylic acids is 1.